The highest BCUT2D eigenvalue weighted by Crippen LogP contribution is 2.37. The maximum absolute atomic E-state index is 6.15. The fourth-order valence-corrected chi connectivity index (χ4v) is 4.01. The number of hydrogen-bond donors (Lipinski definition) is 1. The molecule has 0 saturated heterocycles. The minimum Gasteiger partial charge on any atom is -0.385 e. The standard InChI is InChI=1S/C14H19N3OS/c1-18-8-4-7-11-16-13(15)12-9-5-2-3-6-10(9)19-14(12)17-11/h2-8H2,1H3,(H2,15,16,17). The molecule has 0 amide bonds. The van der Waals surface area contributed by atoms with Gasteiger partial charge in [-0.2, -0.15) is 0 Å². The summed E-state index contributed by atoms with van der Waals surface area (Å²) in [5.74, 6) is 1.51. The van der Waals surface area contributed by atoms with Gasteiger partial charge in [0.1, 0.15) is 16.5 Å². The average Bonchev–Trinajstić information content (AvgIpc) is 2.77. The van der Waals surface area contributed by atoms with Crippen molar-refractivity contribution in [2.24, 2.45) is 0 Å². The molecule has 3 rings (SSSR count). The van der Waals surface area contributed by atoms with E-state index in [9.17, 15) is 0 Å². The summed E-state index contributed by atoms with van der Waals surface area (Å²) in [5.41, 5.74) is 7.56. The summed E-state index contributed by atoms with van der Waals surface area (Å²) in [6.45, 7) is 0.738. The molecule has 2 aromatic heterocycles. The number of hydrogen-bond acceptors (Lipinski definition) is 5. The number of aromatic nitrogens is 2. The van der Waals surface area contributed by atoms with Crippen molar-refractivity contribution in [1.29, 1.82) is 0 Å². The van der Waals surface area contributed by atoms with E-state index < -0.39 is 0 Å². The summed E-state index contributed by atoms with van der Waals surface area (Å²) in [6.07, 6.45) is 6.62. The van der Waals surface area contributed by atoms with Crippen LogP contribution in [0.5, 0.6) is 0 Å². The van der Waals surface area contributed by atoms with E-state index in [1.165, 1.54) is 29.7 Å². The van der Waals surface area contributed by atoms with Gasteiger partial charge in [-0.1, -0.05) is 0 Å². The first-order chi connectivity index (χ1) is 9.29. The van der Waals surface area contributed by atoms with Crippen molar-refractivity contribution in [2.45, 2.75) is 38.5 Å². The highest BCUT2D eigenvalue weighted by Gasteiger charge is 2.19. The number of rotatable bonds is 4. The summed E-state index contributed by atoms with van der Waals surface area (Å²) in [6, 6.07) is 0. The second-order valence-electron chi connectivity index (χ2n) is 5.01. The van der Waals surface area contributed by atoms with Crippen molar-refractivity contribution in [3.63, 3.8) is 0 Å². The number of thiophene rings is 1. The molecule has 0 aliphatic heterocycles. The predicted octanol–water partition coefficient (Wildman–Crippen LogP) is 2.73. The zero-order valence-corrected chi connectivity index (χ0v) is 12.1. The van der Waals surface area contributed by atoms with Gasteiger partial charge in [-0.15, -0.1) is 11.3 Å². The van der Waals surface area contributed by atoms with Gasteiger partial charge in [-0.25, -0.2) is 9.97 Å². The molecule has 0 bridgehead atoms. The Labute approximate surface area is 117 Å². The molecule has 102 valence electrons. The van der Waals surface area contributed by atoms with E-state index in [0.717, 1.165) is 41.9 Å². The maximum atomic E-state index is 6.15. The van der Waals surface area contributed by atoms with Gasteiger partial charge in [0.25, 0.3) is 0 Å². The van der Waals surface area contributed by atoms with Gasteiger partial charge < -0.3 is 10.5 Å². The predicted molar refractivity (Wildman–Crippen MR) is 78.7 cm³/mol. The quantitative estimate of drug-likeness (QED) is 0.873. The Morgan fingerprint density at radius 1 is 1.26 bits per heavy atom. The lowest BCUT2D eigenvalue weighted by atomic mass is 9.97. The summed E-state index contributed by atoms with van der Waals surface area (Å²) in [5, 5.41) is 1.12. The van der Waals surface area contributed by atoms with Crippen LogP contribution < -0.4 is 5.73 Å². The van der Waals surface area contributed by atoms with E-state index in [4.69, 9.17) is 10.5 Å². The topological polar surface area (TPSA) is 61.0 Å². The molecule has 2 heterocycles. The zero-order valence-electron chi connectivity index (χ0n) is 11.2. The van der Waals surface area contributed by atoms with Gasteiger partial charge in [0.2, 0.25) is 0 Å². The molecule has 4 nitrogen and oxygen atoms in total. The van der Waals surface area contributed by atoms with Crippen LogP contribution in [-0.4, -0.2) is 23.7 Å². The van der Waals surface area contributed by atoms with Crippen molar-refractivity contribution < 1.29 is 4.74 Å². The molecular formula is C14H19N3OS. The second kappa shape index (κ2) is 5.43. The Bertz CT molecular complexity index is 594. The number of aryl methyl sites for hydroxylation is 3. The van der Waals surface area contributed by atoms with E-state index in [0.29, 0.717) is 5.82 Å². The molecule has 5 heteroatoms. The molecule has 2 N–H and O–H groups in total. The average molecular weight is 277 g/mol. The first kappa shape index (κ1) is 12.8. The van der Waals surface area contributed by atoms with Crippen LogP contribution in [0.1, 0.15) is 35.5 Å². The van der Waals surface area contributed by atoms with Crippen molar-refractivity contribution in [3.05, 3.63) is 16.3 Å². The van der Waals surface area contributed by atoms with Gasteiger partial charge in [-0.05, 0) is 37.7 Å². The van der Waals surface area contributed by atoms with Crippen molar-refractivity contribution in [3.8, 4) is 0 Å². The van der Waals surface area contributed by atoms with Gasteiger partial charge >= 0.3 is 0 Å². The molecule has 0 aromatic carbocycles. The zero-order chi connectivity index (χ0) is 13.2. The third kappa shape index (κ3) is 2.44. The molecule has 0 spiro atoms. The van der Waals surface area contributed by atoms with Crippen LogP contribution >= 0.6 is 11.3 Å². The number of fused-ring (bicyclic) bond motifs is 3. The number of anilines is 1. The Morgan fingerprint density at radius 2 is 2.11 bits per heavy atom. The fraction of sp³-hybridized carbons (Fsp3) is 0.571. The Morgan fingerprint density at radius 3 is 2.95 bits per heavy atom. The molecular weight excluding hydrogens is 258 g/mol. The minimum atomic E-state index is 0.664. The lowest BCUT2D eigenvalue weighted by molar-refractivity contribution is 0.194. The molecule has 0 atom stereocenters. The Balaban J connectivity index is 1.97. The third-order valence-electron chi connectivity index (χ3n) is 3.64. The Hall–Kier alpha value is -1.20. The van der Waals surface area contributed by atoms with Gasteiger partial charge in [0, 0.05) is 25.0 Å². The molecule has 0 radical (unpaired) electrons. The second-order valence-corrected chi connectivity index (χ2v) is 6.10. The van der Waals surface area contributed by atoms with E-state index in [1.54, 1.807) is 18.4 Å². The van der Waals surface area contributed by atoms with E-state index in [-0.39, 0.29) is 0 Å². The summed E-state index contributed by atoms with van der Waals surface area (Å²) in [7, 11) is 1.71. The van der Waals surface area contributed by atoms with Gasteiger partial charge in [0.15, 0.2) is 0 Å². The molecule has 0 saturated carbocycles. The minimum absolute atomic E-state index is 0.664. The first-order valence-electron chi connectivity index (χ1n) is 6.85. The Kier molecular flexibility index (Phi) is 3.66. The third-order valence-corrected chi connectivity index (χ3v) is 4.82. The number of nitrogen functional groups attached to an aromatic ring is 1. The van der Waals surface area contributed by atoms with Crippen LogP contribution in [-0.2, 0) is 24.0 Å². The molecule has 2 aromatic rings. The highest BCUT2D eigenvalue weighted by molar-refractivity contribution is 7.19. The summed E-state index contributed by atoms with van der Waals surface area (Å²) < 4.78 is 5.06. The van der Waals surface area contributed by atoms with Crippen LogP contribution in [0.3, 0.4) is 0 Å². The van der Waals surface area contributed by atoms with Crippen molar-refractivity contribution in [1.82, 2.24) is 9.97 Å². The summed E-state index contributed by atoms with van der Waals surface area (Å²) >= 11 is 1.80. The molecule has 0 fully saturated rings. The lowest BCUT2D eigenvalue weighted by Crippen LogP contribution is -2.04. The molecule has 19 heavy (non-hydrogen) atoms. The van der Waals surface area contributed by atoms with Crippen LogP contribution in [0.15, 0.2) is 0 Å². The van der Waals surface area contributed by atoms with Gasteiger partial charge in [-0.3, -0.25) is 0 Å². The summed E-state index contributed by atoms with van der Waals surface area (Å²) in [4.78, 5) is 11.7. The number of methoxy groups -OCH3 is 1. The molecule has 1 aliphatic carbocycles. The smallest absolute Gasteiger partial charge is 0.136 e. The van der Waals surface area contributed by atoms with Crippen LogP contribution in [0, 0.1) is 0 Å². The number of ether oxygens (including phenoxy) is 1. The van der Waals surface area contributed by atoms with E-state index >= 15 is 0 Å². The number of nitrogens with two attached hydrogens (primary N) is 1. The first-order valence-corrected chi connectivity index (χ1v) is 7.67. The monoisotopic (exact) mass is 277 g/mol. The van der Waals surface area contributed by atoms with Crippen molar-refractivity contribution in [2.75, 3.05) is 19.5 Å². The highest BCUT2D eigenvalue weighted by atomic mass is 32.1. The van der Waals surface area contributed by atoms with Crippen LogP contribution in [0.2, 0.25) is 0 Å². The number of nitrogens with zero attached hydrogens (tertiary/aromatic N) is 2. The normalized spacial score (nSPS) is 14.8. The SMILES string of the molecule is COCCCc1nc(N)c2c3c(sc2n1)CCCC3. The lowest BCUT2D eigenvalue weighted by Gasteiger charge is -2.10. The fourth-order valence-electron chi connectivity index (χ4n) is 2.72. The maximum Gasteiger partial charge on any atom is 0.136 e. The van der Waals surface area contributed by atoms with E-state index in [2.05, 4.69) is 9.97 Å². The largest absolute Gasteiger partial charge is 0.385 e. The van der Waals surface area contributed by atoms with Crippen molar-refractivity contribution >= 4 is 27.4 Å². The van der Waals surface area contributed by atoms with Crippen LogP contribution in [0.4, 0.5) is 5.82 Å². The van der Waals surface area contributed by atoms with E-state index in [1.807, 2.05) is 0 Å². The molecule has 0 unspecified atom stereocenters. The van der Waals surface area contributed by atoms with Crippen LogP contribution in [0.25, 0.3) is 10.2 Å². The van der Waals surface area contributed by atoms with Gasteiger partial charge in [0.05, 0.1) is 5.39 Å². The molecule has 1 aliphatic rings.